The normalized spacial score (nSPS) is 10.8. The maximum absolute atomic E-state index is 13.3. The number of carbonyl (C=O) groups excluding carboxylic acids is 1. The summed E-state index contributed by atoms with van der Waals surface area (Å²) in [4.78, 5) is 12.4. The molecule has 0 saturated carbocycles. The molecule has 0 bridgehead atoms. The number of Topliss-reactive ketones (excluding diaryl/α,β-unsaturated/α-hetero) is 1. The van der Waals surface area contributed by atoms with E-state index in [0.717, 1.165) is 21.9 Å². The Kier molecular flexibility index (Phi) is 3.53. The second kappa shape index (κ2) is 5.49. The lowest BCUT2D eigenvalue weighted by Gasteiger charge is -2.06. The predicted molar refractivity (Wildman–Crippen MR) is 83.1 cm³/mol. The zero-order valence-electron chi connectivity index (χ0n) is 11.8. The van der Waals surface area contributed by atoms with Crippen molar-refractivity contribution in [3.63, 3.8) is 0 Å². The summed E-state index contributed by atoms with van der Waals surface area (Å²) in [7, 11) is 0. The fourth-order valence-corrected chi connectivity index (χ4v) is 2.52. The van der Waals surface area contributed by atoms with E-state index in [4.69, 9.17) is 0 Å². The molecule has 2 heteroatoms. The van der Waals surface area contributed by atoms with Crippen molar-refractivity contribution in [3.05, 3.63) is 83.2 Å². The molecule has 1 nitrogen and oxygen atoms in total. The van der Waals surface area contributed by atoms with Gasteiger partial charge < -0.3 is 0 Å². The van der Waals surface area contributed by atoms with Crippen LogP contribution in [0, 0.1) is 12.7 Å². The van der Waals surface area contributed by atoms with E-state index in [0.29, 0.717) is 5.56 Å². The van der Waals surface area contributed by atoms with E-state index < -0.39 is 0 Å². The molecule has 3 aromatic carbocycles. The van der Waals surface area contributed by atoms with Crippen LogP contribution in [0.2, 0.25) is 0 Å². The zero-order chi connectivity index (χ0) is 14.8. The van der Waals surface area contributed by atoms with Gasteiger partial charge in [0.2, 0.25) is 0 Å². The molecule has 21 heavy (non-hydrogen) atoms. The molecule has 3 rings (SSSR count). The minimum atomic E-state index is -0.373. The average molecular weight is 278 g/mol. The SMILES string of the molecule is Cc1ccc(F)cc1C(=O)Cc1ccc2ccccc2c1. The molecule has 0 spiro atoms. The zero-order valence-corrected chi connectivity index (χ0v) is 11.8. The average Bonchev–Trinajstić information content (AvgIpc) is 2.49. The van der Waals surface area contributed by atoms with Gasteiger partial charge in [-0.05, 0) is 41.0 Å². The van der Waals surface area contributed by atoms with Gasteiger partial charge in [-0.25, -0.2) is 4.39 Å². The van der Waals surface area contributed by atoms with Crippen LogP contribution in [-0.4, -0.2) is 5.78 Å². The van der Waals surface area contributed by atoms with Crippen LogP contribution in [0.25, 0.3) is 10.8 Å². The standard InChI is InChI=1S/C19H15FO/c1-13-6-9-17(20)12-18(13)19(21)11-14-7-8-15-4-2-3-5-16(15)10-14/h2-10,12H,11H2,1H3. The summed E-state index contributed by atoms with van der Waals surface area (Å²) < 4.78 is 13.3. The summed E-state index contributed by atoms with van der Waals surface area (Å²) >= 11 is 0. The molecule has 0 heterocycles. The Labute approximate surface area is 123 Å². The largest absolute Gasteiger partial charge is 0.294 e. The summed E-state index contributed by atoms with van der Waals surface area (Å²) in [6.07, 6.45) is 0.287. The Morgan fingerprint density at radius 2 is 1.71 bits per heavy atom. The predicted octanol–water partition coefficient (Wildman–Crippen LogP) is 4.71. The molecule has 0 N–H and O–H groups in total. The fourth-order valence-electron chi connectivity index (χ4n) is 2.52. The molecular weight excluding hydrogens is 263 g/mol. The van der Waals surface area contributed by atoms with Gasteiger partial charge in [-0.2, -0.15) is 0 Å². The molecule has 0 saturated heterocycles. The van der Waals surface area contributed by atoms with E-state index >= 15 is 0 Å². The first-order chi connectivity index (χ1) is 10.1. The summed E-state index contributed by atoms with van der Waals surface area (Å²) in [5.74, 6) is -0.426. The lowest BCUT2D eigenvalue weighted by atomic mass is 9.97. The van der Waals surface area contributed by atoms with E-state index in [9.17, 15) is 9.18 Å². The number of hydrogen-bond acceptors (Lipinski definition) is 1. The topological polar surface area (TPSA) is 17.1 Å². The third kappa shape index (κ3) is 2.84. The van der Waals surface area contributed by atoms with Crippen molar-refractivity contribution in [1.82, 2.24) is 0 Å². The van der Waals surface area contributed by atoms with Crippen LogP contribution in [0.5, 0.6) is 0 Å². The number of carbonyl (C=O) groups is 1. The molecule has 0 atom stereocenters. The molecule has 3 aromatic rings. The van der Waals surface area contributed by atoms with Crippen LogP contribution in [0.1, 0.15) is 21.5 Å². The first kappa shape index (κ1) is 13.5. The van der Waals surface area contributed by atoms with Gasteiger partial charge in [0.15, 0.2) is 5.78 Å². The summed E-state index contributed by atoms with van der Waals surface area (Å²) in [6, 6.07) is 18.3. The molecule has 104 valence electrons. The Bertz CT molecular complexity index is 821. The van der Waals surface area contributed by atoms with Crippen LogP contribution < -0.4 is 0 Å². The number of benzene rings is 3. The van der Waals surface area contributed by atoms with Crippen molar-refractivity contribution in [3.8, 4) is 0 Å². The third-order valence-electron chi connectivity index (χ3n) is 3.68. The van der Waals surface area contributed by atoms with Gasteiger partial charge >= 0.3 is 0 Å². The lowest BCUT2D eigenvalue weighted by molar-refractivity contribution is 0.0992. The Morgan fingerprint density at radius 3 is 2.52 bits per heavy atom. The van der Waals surface area contributed by atoms with Crippen molar-refractivity contribution in [2.24, 2.45) is 0 Å². The molecule has 0 aliphatic rings. The van der Waals surface area contributed by atoms with Crippen molar-refractivity contribution < 1.29 is 9.18 Å². The van der Waals surface area contributed by atoms with Crippen LogP contribution in [0.4, 0.5) is 4.39 Å². The smallest absolute Gasteiger partial charge is 0.167 e. The van der Waals surface area contributed by atoms with Crippen LogP contribution >= 0.6 is 0 Å². The molecular formula is C19H15FO. The van der Waals surface area contributed by atoms with Crippen molar-refractivity contribution in [1.29, 1.82) is 0 Å². The highest BCUT2D eigenvalue weighted by Crippen LogP contribution is 2.18. The third-order valence-corrected chi connectivity index (χ3v) is 3.68. The van der Waals surface area contributed by atoms with Gasteiger partial charge in [0, 0.05) is 12.0 Å². The van der Waals surface area contributed by atoms with Crippen LogP contribution in [0.3, 0.4) is 0 Å². The van der Waals surface area contributed by atoms with E-state index in [1.54, 1.807) is 6.07 Å². The van der Waals surface area contributed by atoms with Gasteiger partial charge in [-0.15, -0.1) is 0 Å². The van der Waals surface area contributed by atoms with Crippen LogP contribution in [-0.2, 0) is 6.42 Å². The minimum absolute atomic E-state index is 0.0534. The number of rotatable bonds is 3. The number of halogens is 1. The maximum Gasteiger partial charge on any atom is 0.167 e. The quantitative estimate of drug-likeness (QED) is 0.634. The van der Waals surface area contributed by atoms with Gasteiger partial charge in [0.1, 0.15) is 5.82 Å². The number of hydrogen-bond donors (Lipinski definition) is 0. The van der Waals surface area contributed by atoms with Gasteiger partial charge in [0.05, 0.1) is 0 Å². The number of fused-ring (bicyclic) bond motifs is 1. The van der Waals surface area contributed by atoms with Gasteiger partial charge in [-0.1, -0.05) is 48.5 Å². The highest BCUT2D eigenvalue weighted by molar-refractivity contribution is 5.99. The van der Waals surface area contributed by atoms with E-state index in [1.807, 2.05) is 49.4 Å². The molecule has 0 unspecified atom stereocenters. The molecule has 0 aliphatic heterocycles. The molecule has 0 fully saturated rings. The lowest BCUT2D eigenvalue weighted by Crippen LogP contribution is -2.06. The number of ketones is 1. The van der Waals surface area contributed by atoms with Crippen LogP contribution in [0.15, 0.2) is 60.7 Å². The van der Waals surface area contributed by atoms with E-state index in [2.05, 4.69) is 0 Å². The molecule has 0 radical (unpaired) electrons. The number of aryl methyl sites for hydroxylation is 1. The van der Waals surface area contributed by atoms with E-state index in [1.165, 1.54) is 12.1 Å². The highest BCUT2D eigenvalue weighted by atomic mass is 19.1. The molecule has 0 aliphatic carbocycles. The second-order valence-corrected chi connectivity index (χ2v) is 5.24. The summed E-state index contributed by atoms with van der Waals surface area (Å²) in [5, 5.41) is 2.26. The molecule has 0 amide bonds. The maximum atomic E-state index is 13.3. The minimum Gasteiger partial charge on any atom is -0.294 e. The first-order valence-electron chi connectivity index (χ1n) is 6.90. The van der Waals surface area contributed by atoms with Crippen molar-refractivity contribution in [2.75, 3.05) is 0 Å². The Morgan fingerprint density at radius 1 is 0.952 bits per heavy atom. The van der Waals surface area contributed by atoms with Gasteiger partial charge in [-0.3, -0.25) is 4.79 Å². The summed E-state index contributed by atoms with van der Waals surface area (Å²) in [5.41, 5.74) is 2.22. The highest BCUT2D eigenvalue weighted by Gasteiger charge is 2.11. The van der Waals surface area contributed by atoms with E-state index in [-0.39, 0.29) is 18.0 Å². The first-order valence-corrected chi connectivity index (χ1v) is 6.90. The van der Waals surface area contributed by atoms with Gasteiger partial charge in [0.25, 0.3) is 0 Å². The summed E-state index contributed by atoms with van der Waals surface area (Å²) in [6.45, 7) is 1.83. The van der Waals surface area contributed by atoms with Crippen molar-refractivity contribution >= 4 is 16.6 Å². The Hall–Kier alpha value is -2.48. The van der Waals surface area contributed by atoms with Crippen molar-refractivity contribution in [2.45, 2.75) is 13.3 Å². The molecule has 0 aromatic heterocycles. The fraction of sp³-hybridized carbons (Fsp3) is 0.105. The second-order valence-electron chi connectivity index (χ2n) is 5.24. The monoisotopic (exact) mass is 278 g/mol. The Balaban J connectivity index is 1.90.